The number of carbonyl (C=O) groups is 1. The van der Waals surface area contributed by atoms with Crippen molar-refractivity contribution in [1.29, 1.82) is 0 Å². The van der Waals surface area contributed by atoms with E-state index < -0.39 is 0 Å². The van der Waals surface area contributed by atoms with E-state index in [-0.39, 0.29) is 12.5 Å². The molecule has 0 spiro atoms. The van der Waals surface area contributed by atoms with E-state index in [0.29, 0.717) is 6.04 Å². The van der Waals surface area contributed by atoms with Gasteiger partial charge >= 0.3 is 0 Å². The van der Waals surface area contributed by atoms with E-state index in [0.717, 1.165) is 32.2 Å². The smallest absolute Gasteiger partial charge is 0.246 e. The zero-order valence-electron chi connectivity index (χ0n) is 7.91. The van der Waals surface area contributed by atoms with Gasteiger partial charge in [0.1, 0.15) is 0 Å². The number of likely N-dealkylation sites (tertiary alicyclic amines) is 1. The molecule has 3 heteroatoms. The van der Waals surface area contributed by atoms with Crippen molar-refractivity contribution in [2.24, 2.45) is 0 Å². The normalized spacial score (nSPS) is 21.9. The Balaban J connectivity index is 2.43. The van der Waals surface area contributed by atoms with Crippen LogP contribution < -0.4 is 0 Å². The van der Waals surface area contributed by atoms with Gasteiger partial charge in [-0.15, -0.1) is 0 Å². The minimum atomic E-state index is 0.0282. The van der Waals surface area contributed by atoms with Crippen LogP contribution in [-0.2, 0) is 4.79 Å². The lowest BCUT2D eigenvalue weighted by Gasteiger charge is -2.22. The number of hydrogen-bond donors (Lipinski definition) is 1. The molecule has 0 aromatic rings. The molecule has 1 heterocycles. The van der Waals surface area contributed by atoms with Crippen molar-refractivity contribution in [2.45, 2.75) is 31.7 Å². The second-order valence-corrected chi connectivity index (χ2v) is 3.40. The summed E-state index contributed by atoms with van der Waals surface area (Å²) in [6, 6.07) is 0.331. The van der Waals surface area contributed by atoms with Gasteiger partial charge in [0.05, 0.1) is 0 Å². The number of amides is 1. The first-order valence-electron chi connectivity index (χ1n) is 4.83. The fourth-order valence-electron chi connectivity index (χ4n) is 1.87. The van der Waals surface area contributed by atoms with Crippen molar-refractivity contribution in [3.63, 3.8) is 0 Å². The summed E-state index contributed by atoms with van der Waals surface area (Å²) < 4.78 is 0. The molecule has 0 aromatic heterocycles. The quantitative estimate of drug-likeness (QED) is 0.659. The summed E-state index contributed by atoms with van der Waals surface area (Å²) in [7, 11) is 0. The third-order valence-corrected chi connectivity index (χ3v) is 2.53. The van der Waals surface area contributed by atoms with Gasteiger partial charge in [-0.2, -0.15) is 0 Å². The number of nitrogens with zero attached hydrogens (tertiary/aromatic N) is 1. The highest BCUT2D eigenvalue weighted by Crippen LogP contribution is 2.21. The third-order valence-electron chi connectivity index (χ3n) is 2.53. The molecule has 3 nitrogen and oxygen atoms in total. The largest absolute Gasteiger partial charge is 0.396 e. The first-order chi connectivity index (χ1) is 6.29. The van der Waals surface area contributed by atoms with Crippen LogP contribution in [-0.4, -0.2) is 35.1 Å². The molecule has 1 aliphatic rings. The van der Waals surface area contributed by atoms with Gasteiger partial charge in [-0.3, -0.25) is 4.79 Å². The van der Waals surface area contributed by atoms with Crippen LogP contribution in [0.5, 0.6) is 0 Å². The molecule has 1 saturated heterocycles. The molecule has 1 amide bonds. The number of hydrogen-bond acceptors (Lipinski definition) is 2. The Kier molecular flexibility index (Phi) is 3.96. The standard InChI is InChI=1S/C10H17NO2/c1-2-10(13)11-7-3-5-9(11)6-4-8-12/h2,9,12H,1,3-8H2. The molecule has 1 rings (SSSR count). The molecule has 0 saturated carbocycles. The Morgan fingerprint density at radius 3 is 3.08 bits per heavy atom. The van der Waals surface area contributed by atoms with Crippen molar-refractivity contribution >= 4 is 5.91 Å². The number of carbonyl (C=O) groups excluding carboxylic acids is 1. The number of rotatable bonds is 4. The topological polar surface area (TPSA) is 40.5 Å². The fourth-order valence-corrected chi connectivity index (χ4v) is 1.87. The van der Waals surface area contributed by atoms with Crippen LogP contribution in [0.2, 0.25) is 0 Å². The van der Waals surface area contributed by atoms with Crippen molar-refractivity contribution in [2.75, 3.05) is 13.2 Å². The Hall–Kier alpha value is -0.830. The van der Waals surface area contributed by atoms with E-state index in [1.807, 2.05) is 4.90 Å². The number of aliphatic hydroxyl groups is 1. The van der Waals surface area contributed by atoms with Crippen LogP contribution in [0, 0.1) is 0 Å². The van der Waals surface area contributed by atoms with Gasteiger partial charge in [-0.05, 0) is 31.8 Å². The predicted molar refractivity (Wildman–Crippen MR) is 51.3 cm³/mol. The van der Waals surface area contributed by atoms with Gasteiger partial charge in [0.15, 0.2) is 0 Å². The molecule has 1 unspecified atom stereocenters. The highest BCUT2D eigenvalue weighted by Gasteiger charge is 2.26. The second-order valence-electron chi connectivity index (χ2n) is 3.40. The Morgan fingerprint density at radius 1 is 1.69 bits per heavy atom. The van der Waals surface area contributed by atoms with Crippen LogP contribution in [0.4, 0.5) is 0 Å². The van der Waals surface area contributed by atoms with E-state index in [1.54, 1.807) is 0 Å². The fraction of sp³-hybridized carbons (Fsp3) is 0.700. The van der Waals surface area contributed by atoms with Crippen molar-refractivity contribution in [1.82, 2.24) is 4.90 Å². The maximum absolute atomic E-state index is 11.3. The summed E-state index contributed by atoms with van der Waals surface area (Å²) in [6.45, 7) is 4.54. The summed E-state index contributed by atoms with van der Waals surface area (Å²) in [4.78, 5) is 13.2. The van der Waals surface area contributed by atoms with Gasteiger partial charge < -0.3 is 10.0 Å². The van der Waals surface area contributed by atoms with Crippen LogP contribution in [0.3, 0.4) is 0 Å². The van der Waals surface area contributed by atoms with Gasteiger partial charge in [0.25, 0.3) is 0 Å². The Bertz CT molecular complexity index is 191. The summed E-state index contributed by atoms with van der Waals surface area (Å²) >= 11 is 0. The SMILES string of the molecule is C=CC(=O)N1CCCC1CCCO. The zero-order valence-corrected chi connectivity index (χ0v) is 7.91. The number of aliphatic hydroxyl groups excluding tert-OH is 1. The van der Waals surface area contributed by atoms with Crippen LogP contribution in [0.15, 0.2) is 12.7 Å². The molecule has 0 bridgehead atoms. The molecular weight excluding hydrogens is 166 g/mol. The van der Waals surface area contributed by atoms with Crippen LogP contribution >= 0.6 is 0 Å². The summed E-state index contributed by atoms with van der Waals surface area (Å²) in [6.07, 6.45) is 5.22. The van der Waals surface area contributed by atoms with Gasteiger partial charge in [-0.1, -0.05) is 6.58 Å². The van der Waals surface area contributed by atoms with Crippen molar-refractivity contribution < 1.29 is 9.90 Å². The van der Waals surface area contributed by atoms with Crippen molar-refractivity contribution in [3.8, 4) is 0 Å². The molecular formula is C10H17NO2. The Labute approximate surface area is 79.0 Å². The van der Waals surface area contributed by atoms with E-state index in [1.165, 1.54) is 6.08 Å². The average molecular weight is 183 g/mol. The van der Waals surface area contributed by atoms with Gasteiger partial charge in [0, 0.05) is 19.2 Å². The molecule has 1 N–H and O–H groups in total. The molecule has 0 aliphatic carbocycles. The van der Waals surface area contributed by atoms with E-state index in [4.69, 9.17) is 5.11 Å². The average Bonchev–Trinajstić information content (AvgIpc) is 2.61. The van der Waals surface area contributed by atoms with Crippen LogP contribution in [0.25, 0.3) is 0 Å². The molecule has 74 valence electrons. The maximum atomic E-state index is 11.3. The highest BCUT2D eigenvalue weighted by molar-refractivity contribution is 5.87. The monoisotopic (exact) mass is 183 g/mol. The van der Waals surface area contributed by atoms with E-state index in [9.17, 15) is 4.79 Å². The second kappa shape index (κ2) is 5.02. The third kappa shape index (κ3) is 2.56. The van der Waals surface area contributed by atoms with Crippen molar-refractivity contribution in [3.05, 3.63) is 12.7 Å². The van der Waals surface area contributed by atoms with Gasteiger partial charge in [-0.25, -0.2) is 0 Å². The molecule has 1 atom stereocenters. The molecule has 13 heavy (non-hydrogen) atoms. The lowest BCUT2D eigenvalue weighted by Crippen LogP contribution is -2.34. The molecule has 0 aromatic carbocycles. The summed E-state index contributed by atoms with van der Waals surface area (Å²) in [5, 5.41) is 8.69. The van der Waals surface area contributed by atoms with E-state index in [2.05, 4.69) is 6.58 Å². The van der Waals surface area contributed by atoms with Gasteiger partial charge in [0.2, 0.25) is 5.91 Å². The molecule has 1 fully saturated rings. The molecule has 1 aliphatic heterocycles. The zero-order chi connectivity index (χ0) is 9.68. The first-order valence-corrected chi connectivity index (χ1v) is 4.83. The van der Waals surface area contributed by atoms with Crippen LogP contribution in [0.1, 0.15) is 25.7 Å². The maximum Gasteiger partial charge on any atom is 0.246 e. The molecule has 0 radical (unpaired) electrons. The first kappa shape index (κ1) is 10.3. The summed E-state index contributed by atoms with van der Waals surface area (Å²) in [5.41, 5.74) is 0. The summed E-state index contributed by atoms with van der Waals surface area (Å²) in [5.74, 6) is 0.0282. The highest BCUT2D eigenvalue weighted by atomic mass is 16.3. The minimum absolute atomic E-state index is 0.0282. The lowest BCUT2D eigenvalue weighted by atomic mass is 10.1. The Morgan fingerprint density at radius 2 is 2.46 bits per heavy atom. The lowest BCUT2D eigenvalue weighted by molar-refractivity contribution is -0.126. The predicted octanol–water partition coefficient (Wildman–Crippen LogP) is 0.936. The van der Waals surface area contributed by atoms with E-state index >= 15 is 0 Å². The minimum Gasteiger partial charge on any atom is -0.396 e.